The third-order valence-electron chi connectivity index (χ3n) is 3.61. The van der Waals surface area contributed by atoms with Gasteiger partial charge in [-0.05, 0) is 38.1 Å². The number of amides is 1. The summed E-state index contributed by atoms with van der Waals surface area (Å²) in [4.78, 5) is 12.2. The lowest BCUT2D eigenvalue weighted by Gasteiger charge is -2.17. The molecule has 7 heteroatoms. The molecule has 0 aliphatic carbocycles. The van der Waals surface area contributed by atoms with Gasteiger partial charge in [-0.2, -0.15) is 0 Å². The molecule has 0 aromatic heterocycles. The molecule has 23 heavy (non-hydrogen) atoms. The predicted octanol–water partition coefficient (Wildman–Crippen LogP) is 3.11. The Balaban J connectivity index is 0.00000264. The molecular weight excluding hydrogens is 339 g/mol. The molecule has 1 fully saturated rings. The first-order valence-electron chi connectivity index (χ1n) is 7.59. The van der Waals surface area contributed by atoms with E-state index in [0.717, 1.165) is 19.4 Å². The first kappa shape index (κ1) is 20.0. The molecule has 1 saturated heterocycles. The van der Waals surface area contributed by atoms with Crippen molar-refractivity contribution in [3.8, 4) is 5.75 Å². The zero-order chi connectivity index (χ0) is 15.9. The van der Waals surface area contributed by atoms with Crippen molar-refractivity contribution in [3.05, 3.63) is 23.2 Å². The van der Waals surface area contributed by atoms with Crippen molar-refractivity contribution < 1.29 is 14.3 Å². The Kier molecular flexibility index (Phi) is 8.69. The Labute approximate surface area is 148 Å². The fourth-order valence-electron chi connectivity index (χ4n) is 2.34. The van der Waals surface area contributed by atoms with Crippen LogP contribution >= 0.6 is 24.0 Å². The van der Waals surface area contributed by atoms with E-state index in [4.69, 9.17) is 21.1 Å². The second-order valence-electron chi connectivity index (χ2n) is 5.53. The summed E-state index contributed by atoms with van der Waals surface area (Å²) in [5.41, 5.74) is 0.596. The molecule has 2 rings (SSSR count). The van der Waals surface area contributed by atoms with Crippen LogP contribution in [0.3, 0.4) is 0 Å². The van der Waals surface area contributed by atoms with Crippen LogP contribution in [0.2, 0.25) is 5.02 Å². The molecule has 2 atom stereocenters. The van der Waals surface area contributed by atoms with E-state index in [1.165, 1.54) is 0 Å². The Morgan fingerprint density at radius 3 is 2.96 bits per heavy atom. The summed E-state index contributed by atoms with van der Waals surface area (Å²) < 4.78 is 11.3. The summed E-state index contributed by atoms with van der Waals surface area (Å²) in [5, 5.41) is 6.43. The monoisotopic (exact) mass is 362 g/mol. The highest BCUT2D eigenvalue weighted by Gasteiger charge is 2.18. The molecule has 0 spiro atoms. The lowest BCUT2D eigenvalue weighted by molar-refractivity contribution is -0.119. The topological polar surface area (TPSA) is 59.6 Å². The first-order chi connectivity index (χ1) is 10.6. The predicted molar refractivity (Wildman–Crippen MR) is 94.9 cm³/mol. The van der Waals surface area contributed by atoms with Gasteiger partial charge in [0.2, 0.25) is 5.91 Å². The molecular formula is C16H24Cl2N2O3. The van der Waals surface area contributed by atoms with E-state index in [1.54, 1.807) is 18.2 Å². The number of halogens is 2. The van der Waals surface area contributed by atoms with Gasteiger partial charge in [-0.25, -0.2) is 0 Å². The van der Waals surface area contributed by atoms with E-state index in [9.17, 15) is 4.79 Å². The van der Waals surface area contributed by atoms with Crippen LogP contribution in [0, 0.1) is 5.92 Å². The normalized spacial score (nSPS) is 18.1. The zero-order valence-corrected chi connectivity index (χ0v) is 15.0. The molecule has 0 radical (unpaired) electrons. The maximum atomic E-state index is 12.2. The van der Waals surface area contributed by atoms with Crippen molar-refractivity contribution in [2.45, 2.75) is 25.9 Å². The maximum Gasteiger partial charge on any atom is 0.228 e. The molecule has 130 valence electrons. The zero-order valence-electron chi connectivity index (χ0n) is 13.4. The van der Waals surface area contributed by atoms with Gasteiger partial charge < -0.3 is 20.1 Å². The molecule has 0 saturated carbocycles. The lowest BCUT2D eigenvalue weighted by Crippen LogP contribution is -2.29. The van der Waals surface area contributed by atoms with E-state index in [2.05, 4.69) is 10.6 Å². The summed E-state index contributed by atoms with van der Waals surface area (Å²) in [6, 6.07) is 5.23. The van der Waals surface area contributed by atoms with Gasteiger partial charge in [-0.15, -0.1) is 12.4 Å². The number of hydrogen-bond donors (Lipinski definition) is 2. The first-order valence-corrected chi connectivity index (χ1v) is 7.97. The maximum absolute atomic E-state index is 12.2. The highest BCUT2D eigenvalue weighted by atomic mass is 35.5. The minimum absolute atomic E-state index is 0. The number of rotatable bonds is 7. The number of benzene rings is 1. The van der Waals surface area contributed by atoms with Crippen molar-refractivity contribution in [1.82, 2.24) is 5.32 Å². The van der Waals surface area contributed by atoms with E-state index in [1.807, 2.05) is 14.0 Å². The van der Waals surface area contributed by atoms with Crippen molar-refractivity contribution in [1.29, 1.82) is 0 Å². The Morgan fingerprint density at radius 1 is 1.52 bits per heavy atom. The van der Waals surface area contributed by atoms with E-state index in [-0.39, 0.29) is 30.3 Å². The number of ether oxygens (including phenoxy) is 2. The second kappa shape index (κ2) is 9.98. The van der Waals surface area contributed by atoms with E-state index in [0.29, 0.717) is 29.6 Å². The highest BCUT2D eigenvalue weighted by molar-refractivity contribution is 6.31. The average Bonchev–Trinajstić information content (AvgIpc) is 3.00. The van der Waals surface area contributed by atoms with Crippen LogP contribution in [0.25, 0.3) is 0 Å². The Bertz CT molecular complexity index is 508. The number of nitrogens with one attached hydrogen (secondary N) is 2. The summed E-state index contributed by atoms with van der Waals surface area (Å²) in [6.07, 6.45) is 2.20. The van der Waals surface area contributed by atoms with Crippen LogP contribution in [0.1, 0.15) is 19.8 Å². The number of anilines is 1. The van der Waals surface area contributed by atoms with Gasteiger partial charge in [0.15, 0.2) is 0 Å². The van der Waals surface area contributed by atoms with Gasteiger partial charge in [-0.3, -0.25) is 4.79 Å². The van der Waals surface area contributed by atoms with Crippen molar-refractivity contribution >= 4 is 35.6 Å². The molecule has 1 amide bonds. The Hall–Kier alpha value is -1.01. The van der Waals surface area contributed by atoms with E-state index >= 15 is 0 Å². The third-order valence-corrected chi connectivity index (χ3v) is 3.84. The SMILES string of the molecule is CNCC(C)C(=O)Nc1cc(Cl)ccc1OCC1CCCO1.Cl. The van der Waals surface area contributed by atoms with Gasteiger partial charge in [0.1, 0.15) is 12.4 Å². The molecule has 1 aromatic carbocycles. The third kappa shape index (κ3) is 6.18. The number of carbonyl (C=O) groups is 1. The molecule has 0 bridgehead atoms. The van der Waals surface area contributed by atoms with Gasteiger partial charge in [0.25, 0.3) is 0 Å². The summed E-state index contributed by atoms with van der Waals surface area (Å²) in [5.74, 6) is 0.401. The molecule has 1 heterocycles. The molecule has 5 nitrogen and oxygen atoms in total. The van der Waals surface area contributed by atoms with Gasteiger partial charge in [0, 0.05) is 24.1 Å². The molecule has 1 aromatic rings. The average molecular weight is 363 g/mol. The van der Waals surface area contributed by atoms with Crippen LogP contribution in [0.5, 0.6) is 5.75 Å². The van der Waals surface area contributed by atoms with Gasteiger partial charge in [-0.1, -0.05) is 18.5 Å². The molecule has 1 aliphatic heterocycles. The van der Waals surface area contributed by atoms with Crippen LogP contribution < -0.4 is 15.4 Å². The largest absolute Gasteiger partial charge is 0.489 e. The van der Waals surface area contributed by atoms with Crippen LogP contribution in [0.15, 0.2) is 18.2 Å². The minimum Gasteiger partial charge on any atom is -0.489 e. The summed E-state index contributed by atoms with van der Waals surface area (Å²) >= 11 is 6.02. The minimum atomic E-state index is -0.144. The smallest absolute Gasteiger partial charge is 0.228 e. The summed E-state index contributed by atoms with van der Waals surface area (Å²) in [7, 11) is 1.82. The van der Waals surface area contributed by atoms with Crippen molar-refractivity contribution in [3.63, 3.8) is 0 Å². The second-order valence-corrected chi connectivity index (χ2v) is 5.97. The highest BCUT2D eigenvalue weighted by Crippen LogP contribution is 2.29. The number of hydrogen-bond acceptors (Lipinski definition) is 4. The Morgan fingerprint density at radius 2 is 2.30 bits per heavy atom. The fraction of sp³-hybridized carbons (Fsp3) is 0.562. The van der Waals surface area contributed by atoms with Crippen molar-refractivity contribution in [2.75, 3.05) is 32.1 Å². The van der Waals surface area contributed by atoms with Crippen LogP contribution in [-0.4, -0.2) is 38.8 Å². The summed E-state index contributed by atoms with van der Waals surface area (Å²) in [6.45, 7) is 3.75. The standard InChI is InChI=1S/C16H23ClN2O3.ClH/c1-11(9-18-2)16(20)19-14-8-12(17)5-6-15(14)22-10-13-4-3-7-21-13;/h5-6,8,11,13,18H,3-4,7,9-10H2,1-2H3,(H,19,20);1H. The molecule has 2 unspecified atom stereocenters. The molecule has 1 aliphatic rings. The van der Waals surface area contributed by atoms with Gasteiger partial charge in [0.05, 0.1) is 11.8 Å². The fourth-order valence-corrected chi connectivity index (χ4v) is 2.51. The molecule has 2 N–H and O–H groups in total. The van der Waals surface area contributed by atoms with Crippen molar-refractivity contribution in [2.24, 2.45) is 5.92 Å². The van der Waals surface area contributed by atoms with E-state index < -0.39 is 0 Å². The van der Waals surface area contributed by atoms with Gasteiger partial charge >= 0.3 is 0 Å². The van der Waals surface area contributed by atoms with Crippen LogP contribution in [0.4, 0.5) is 5.69 Å². The quantitative estimate of drug-likeness (QED) is 0.782. The number of carbonyl (C=O) groups excluding carboxylic acids is 1. The van der Waals surface area contributed by atoms with Crippen LogP contribution in [-0.2, 0) is 9.53 Å². The lowest BCUT2D eigenvalue weighted by atomic mass is 10.1.